The highest BCUT2D eigenvalue weighted by molar-refractivity contribution is 6.00. The third-order valence-electron chi connectivity index (χ3n) is 34.4. The van der Waals surface area contributed by atoms with Gasteiger partial charge in [0.05, 0.1) is 50.5 Å². The molecule has 8 heteroatoms. The molecule has 0 spiro atoms. The van der Waals surface area contributed by atoms with E-state index in [-0.39, 0.29) is 17.5 Å². The predicted octanol–water partition coefficient (Wildman–Crippen LogP) is 35.3. The number of rotatable bonds is 13. The monoisotopic (exact) mass is 1950 g/mol. The molecule has 13 aromatic carbocycles. The average molecular weight is 1950 g/mol. The number of benzene rings is 13. The maximum absolute atomic E-state index is 15.3. The average Bonchev–Trinajstić information content (AvgIpc) is 1.01. The number of aryl methyl sites for hydroxylation is 8. The lowest BCUT2D eigenvalue weighted by Gasteiger charge is -2.16. The lowest BCUT2D eigenvalue weighted by Crippen LogP contribution is -2.35. The molecule has 147 heavy (non-hydrogen) atoms. The summed E-state index contributed by atoms with van der Waals surface area (Å²) in [5.74, 6) is 2.66. The zero-order valence-corrected chi connectivity index (χ0v) is 90.8. The summed E-state index contributed by atoms with van der Waals surface area (Å²) in [5.41, 5.74) is 39.9. The molecule has 5 aliphatic carbocycles. The van der Waals surface area contributed by atoms with E-state index in [1.165, 1.54) is 234 Å². The lowest BCUT2D eigenvalue weighted by molar-refractivity contribution is -0.665. The topological polar surface area (TPSA) is 19.4 Å². The van der Waals surface area contributed by atoms with Crippen LogP contribution in [-0.2, 0) is 35.2 Å². The molecule has 23 rings (SSSR count). The molecule has 0 atom stereocenters. The van der Waals surface area contributed by atoms with Crippen molar-refractivity contribution in [3.63, 3.8) is 0 Å². The highest BCUT2D eigenvalue weighted by Gasteiger charge is 2.33. The second-order valence-electron chi connectivity index (χ2n) is 43.9. The Balaban J connectivity index is 0.000000119. The van der Waals surface area contributed by atoms with Gasteiger partial charge in [0, 0.05) is 81.5 Å². The van der Waals surface area contributed by atoms with E-state index in [0.717, 1.165) is 128 Å². The van der Waals surface area contributed by atoms with Crippen LogP contribution in [0.4, 0.5) is 13.2 Å². The van der Waals surface area contributed by atoms with Crippen molar-refractivity contribution >= 4 is 53.9 Å². The van der Waals surface area contributed by atoms with E-state index in [1.807, 2.05) is 143 Å². The fourth-order valence-corrected chi connectivity index (χ4v) is 25.2. The molecule has 0 bridgehead atoms. The molecular formula is C139H151F3N5+5. The van der Waals surface area contributed by atoms with Gasteiger partial charge in [-0.05, 0) is 374 Å². The van der Waals surface area contributed by atoms with Crippen molar-refractivity contribution in [1.82, 2.24) is 0 Å². The fourth-order valence-electron chi connectivity index (χ4n) is 25.2. The van der Waals surface area contributed by atoms with E-state index < -0.39 is 0 Å². The molecule has 0 aliphatic heterocycles. The minimum atomic E-state index is -0.207. The normalized spacial score (nSPS) is 15.1. The van der Waals surface area contributed by atoms with E-state index in [1.54, 1.807) is 6.07 Å². The van der Waals surface area contributed by atoms with Crippen molar-refractivity contribution in [2.24, 2.45) is 35.2 Å². The Morgan fingerprint density at radius 2 is 0.531 bits per heavy atom. The molecule has 0 saturated heterocycles. The SMILES string of the molecule is [2H]c1c(C)[n+](C)c(-c2c(C)c(C)cc(C)c2F)c2ccc(C3CCCC3)cc12.[2H]c1c(C)[n+](C)c(-c2cc(-c3ccccc3)c(F)cc2C)c2ccc(C3CCCC3)cc12.[2H]c1c(C)[n+](C)c(-c2cc(C)c(F)c(C)c2C)c2ccc(C3CCCC3)cc12.[2H]c1c(C)[n+](C)c(-c2ccc(-c3c(C)cccc3C)cc2C)c2ccc(C3CCCC3)cc12.[2H]c1c(C)[n+](C)c(-c2ccc(-c3ccccc3)cc2C)c2ccc(C3CCCC3)cc12. The number of hydrogen-bond acceptors (Lipinski definition) is 0. The molecule has 5 aromatic heterocycles. The van der Waals surface area contributed by atoms with Crippen LogP contribution in [0.5, 0.6) is 0 Å². The van der Waals surface area contributed by atoms with Crippen LogP contribution < -0.4 is 22.8 Å². The van der Waals surface area contributed by atoms with E-state index in [2.05, 4.69) is 250 Å². The van der Waals surface area contributed by atoms with Gasteiger partial charge in [-0.15, -0.1) is 0 Å². The van der Waals surface area contributed by atoms with Crippen molar-refractivity contribution in [2.45, 2.75) is 269 Å². The molecule has 5 heterocycles. The molecule has 5 fully saturated rings. The number of hydrogen-bond donors (Lipinski definition) is 0. The van der Waals surface area contributed by atoms with Crippen molar-refractivity contribution in [3.05, 3.63) is 396 Å². The third kappa shape index (κ3) is 20.7. The van der Waals surface area contributed by atoms with Crippen LogP contribution in [-0.4, -0.2) is 0 Å². The van der Waals surface area contributed by atoms with Gasteiger partial charge in [-0.3, -0.25) is 0 Å². The van der Waals surface area contributed by atoms with Gasteiger partial charge in [-0.2, -0.15) is 22.8 Å². The summed E-state index contributed by atoms with van der Waals surface area (Å²) < 4.78 is 99.4. The molecule has 5 aliphatic rings. The molecule has 5 saturated carbocycles. The number of fused-ring (bicyclic) bond motifs is 5. The summed E-state index contributed by atoms with van der Waals surface area (Å²) in [6.07, 6.45) is 25.7. The van der Waals surface area contributed by atoms with Gasteiger partial charge in [0.1, 0.15) is 52.7 Å². The zero-order chi connectivity index (χ0) is 108. The predicted molar refractivity (Wildman–Crippen MR) is 611 cm³/mol. The van der Waals surface area contributed by atoms with Crippen LogP contribution in [0.1, 0.15) is 282 Å². The van der Waals surface area contributed by atoms with Crippen LogP contribution in [0.25, 0.3) is 144 Å². The van der Waals surface area contributed by atoms with Crippen molar-refractivity contribution in [1.29, 1.82) is 0 Å². The Morgan fingerprint density at radius 1 is 0.218 bits per heavy atom. The van der Waals surface area contributed by atoms with Gasteiger partial charge in [-0.25, -0.2) is 13.2 Å². The zero-order valence-electron chi connectivity index (χ0n) is 95.8. The first-order valence-electron chi connectivity index (χ1n) is 56.9. The molecular weight excluding hydrogens is 1800 g/mol. The highest BCUT2D eigenvalue weighted by atomic mass is 19.1. The third-order valence-corrected chi connectivity index (χ3v) is 34.4. The number of aromatic nitrogens is 5. The van der Waals surface area contributed by atoms with Gasteiger partial charge in [-0.1, -0.05) is 234 Å². The summed E-state index contributed by atoms with van der Waals surface area (Å²) in [6.45, 7) is 32.4. The Bertz CT molecular complexity index is 8380. The number of pyridine rings is 5. The first-order valence-corrected chi connectivity index (χ1v) is 54.4. The molecule has 0 N–H and O–H groups in total. The van der Waals surface area contributed by atoms with Gasteiger partial charge in [0.25, 0.3) is 0 Å². The molecule has 0 radical (unpaired) electrons. The first-order chi connectivity index (χ1) is 73.0. The lowest BCUT2D eigenvalue weighted by atomic mass is 9.90. The highest BCUT2D eigenvalue weighted by Crippen LogP contribution is 2.47. The second kappa shape index (κ2) is 43.6. The van der Waals surface area contributed by atoms with E-state index in [4.69, 9.17) is 6.85 Å². The van der Waals surface area contributed by atoms with E-state index >= 15 is 4.39 Å². The van der Waals surface area contributed by atoms with Gasteiger partial charge >= 0.3 is 0 Å². The van der Waals surface area contributed by atoms with Crippen LogP contribution in [0.2, 0.25) is 0 Å². The Morgan fingerprint density at radius 3 is 0.898 bits per heavy atom. The van der Waals surface area contributed by atoms with Crippen molar-refractivity contribution < 1.29 is 42.9 Å². The Kier molecular flexibility index (Phi) is 28.5. The minimum absolute atomic E-state index is 0.120. The fraction of sp³-hybridized carbons (Fsp3) is 0.331. The van der Waals surface area contributed by atoms with Crippen molar-refractivity contribution in [3.8, 4) is 89.7 Å². The molecule has 0 unspecified atom stereocenters. The smallest absolute Gasteiger partial charge is 0.206 e. The Hall–Kier alpha value is -13.3. The summed E-state index contributed by atoms with van der Waals surface area (Å²) in [6, 6.07) is 84.5. The molecule has 748 valence electrons. The standard InChI is InChI=1S/C31H34N.C29H29FN.C29H30N.2C25H29FN/c1-20-9-8-10-21(2)30(20)26-14-15-28(22(3)17-26)31-29-16-13-25(24-11-6-7-12-24)19-27(29)18-23(4)32(31)5;1-19-15-28(30)27(22-11-5-4-6-12-22)18-26(19)29-25-14-13-23(21-9-7-8-10-21)17-24(25)16-20(2)31(29)3;1-20-17-24(22-9-5-4-6-10-22)13-15-27(20)29-28-16-14-25(23-11-7-8-12-23)19-26(28)18-21(2)30(29)3;1-15-12-23(17(3)18(4)24(15)26)25-22-11-10-20(19-8-6-7-9-19)14-21(22)13-16(2)27(25)5;1-15-12-16(2)24(26)23(18(15)4)25-22-11-10-20(19-8-6-7-9-19)14-21(22)13-17(3)27(25)5/h8-10,13-19,24H,6-7,11-12H2,1-5H3;4-6,11-18,21H,7-10H2,1-3H3;4-6,9-10,13-19,23H,7-8,11-12H2,1-3H3;2*10-14,19H,6-9H2,1-5H3/q5*+1/i18D;16D;18D;2*13D. The van der Waals surface area contributed by atoms with Crippen LogP contribution in [0.3, 0.4) is 0 Å². The second-order valence-corrected chi connectivity index (χ2v) is 43.9. The van der Waals surface area contributed by atoms with Crippen LogP contribution >= 0.6 is 0 Å². The summed E-state index contributed by atoms with van der Waals surface area (Å²) >= 11 is 0. The molecule has 5 nitrogen and oxygen atoms in total. The largest absolute Gasteiger partial charge is 0.223 e. The maximum atomic E-state index is 15.3. The maximum Gasteiger partial charge on any atom is 0.223 e. The number of halogens is 3. The van der Waals surface area contributed by atoms with Gasteiger partial charge < -0.3 is 0 Å². The summed E-state index contributed by atoms with van der Waals surface area (Å²) in [4.78, 5) is 0. The van der Waals surface area contributed by atoms with Gasteiger partial charge in [0.15, 0.2) is 28.5 Å². The molecule has 0 amide bonds. The summed E-state index contributed by atoms with van der Waals surface area (Å²) in [7, 11) is 10.2. The van der Waals surface area contributed by atoms with Crippen LogP contribution in [0.15, 0.2) is 261 Å². The minimum Gasteiger partial charge on any atom is -0.206 e. The van der Waals surface area contributed by atoms with E-state index in [0.29, 0.717) is 87.6 Å². The Labute approximate surface area is 880 Å². The van der Waals surface area contributed by atoms with Gasteiger partial charge in [0.2, 0.25) is 28.5 Å². The van der Waals surface area contributed by atoms with E-state index in [9.17, 15) is 8.78 Å². The first kappa shape index (κ1) is 95.9. The molecule has 18 aromatic rings. The quantitative estimate of drug-likeness (QED) is 0.103. The van der Waals surface area contributed by atoms with Crippen molar-refractivity contribution in [2.75, 3.05) is 0 Å². The summed E-state index contributed by atoms with van der Waals surface area (Å²) in [5, 5.41) is 10.6. The number of nitrogens with zero attached hydrogens (tertiary/aromatic N) is 5. The van der Waals surface area contributed by atoms with Crippen LogP contribution in [0, 0.1) is 128 Å².